The van der Waals surface area contributed by atoms with Gasteiger partial charge in [0.2, 0.25) is 0 Å². The molecule has 3 N–H and O–H groups in total. The Balaban J connectivity index is 1.76. The number of carboxylic acid groups (broad SMARTS) is 1. The van der Waals surface area contributed by atoms with Gasteiger partial charge in [-0.25, -0.2) is 4.79 Å². The zero-order chi connectivity index (χ0) is 17.3. The fourth-order valence-corrected chi connectivity index (χ4v) is 4.36. The van der Waals surface area contributed by atoms with E-state index in [0.717, 1.165) is 59.5 Å². The molecule has 0 radical (unpaired) electrons. The molecule has 2 heterocycles. The molecule has 1 atom stereocenters. The van der Waals surface area contributed by atoms with Crippen LogP contribution in [0.4, 0.5) is 0 Å². The maximum atomic E-state index is 12.6. The van der Waals surface area contributed by atoms with Crippen LogP contribution in [0.15, 0.2) is 6.07 Å². The van der Waals surface area contributed by atoms with Crippen LogP contribution in [-0.4, -0.2) is 33.2 Å². The van der Waals surface area contributed by atoms with Crippen molar-refractivity contribution in [1.29, 1.82) is 0 Å². The number of fused-ring (bicyclic) bond motifs is 1. The average Bonchev–Trinajstić information content (AvgIpc) is 3.10. The molecule has 6 nitrogen and oxygen atoms in total. The number of aromatic carboxylic acids is 1. The molecular weight excluding hydrogens is 326 g/mol. The number of thiophene rings is 1. The number of carbonyl (C=O) groups excluding carboxylic acids is 1. The van der Waals surface area contributed by atoms with Crippen LogP contribution in [0.25, 0.3) is 0 Å². The van der Waals surface area contributed by atoms with Crippen LogP contribution in [0, 0.1) is 6.92 Å². The Kier molecular flexibility index (Phi) is 4.71. The third-order valence-corrected chi connectivity index (χ3v) is 5.53. The molecule has 0 saturated carbocycles. The third-order valence-electron chi connectivity index (χ3n) is 4.27. The van der Waals surface area contributed by atoms with E-state index in [1.807, 2.05) is 19.9 Å². The molecule has 0 aliphatic heterocycles. The van der Waals surface area contributed by atoms with Crippen molar-refractivity contribution < 1.29 is 14.7 Å². The van der Waals surface area contributed by atoms with Crippen LogP contribution in [0.2, 0.25) is 0 Å². The SMILES string of the molecule is Cc1cc(CC(C)NC(=O)c2sc(C(=O)O)c3c2CCCC3)n[nH]1. The summed E-state index contributed by atoms with van der Waals surface area (Å²) in [7, 11) is 0. The molecule has 24 heavy (non-hydrogen) atoms. The van der Waals surface area contributed by atoms with Gasteiger partial charge in [0.1, 0.15) is 4.88 Å². The molecular formula is C17H21N3O3S. The molecule has 128 valence electrons. The van der Waals surface area contributed by atoms with E-state index in [1.165, 1.54) is 0 Å². The minimum Gasteiger partial charge on any atom is -0.477 e. The van der Waals surface area contributed by atoms with Crippen LogP contribution in [-0.2, 0) is 19.3 Å². The molecule has 3 rings (SSSR count). The molecule has 0 bridgehead atoms. The molecule has 1 aliphatic rings. The molecule has 2 aromatic heterocycles. The Morgan fingerprint density at radius 1 is 1.33 bits per heavy atom. The standard InChI is InChI=1S/C17H21N3O3S/c1-9(7-11-8-10(2)19-20-11)18-16(21)14-12-5-3-4-6-13(12)15(24-14)17(22)23/h8-9H,3-7H2,1-2H3,(H,18,21)(H,19,20)(H,22,23). The van der Waals surface area contributed by atoms with E-state index in [2.05, 4.69) is 15.5 Å². The first-order valence-corrected chi connectivity index (χ1v) is 8.97. The van der Waals surface area contributed by atoms with Gasteiger partial charge in [-0.2, -0.15) is 5.10 Å². The molecule has 7 heteroatoms. The predicted molar refractivity (Wildman–Crippen MR) is 91.9 cm³/mol. The van der Waals surface area contributed by atoms with E-state index in [1.54, 1.807) is 0 Å². The molecule has 2 aromatic rings. The first-order valence-electron chi connectivity index (χ1n) is 8.15. The van der Waals surface area contributed by atoms with Crippen LogP contribution in [0.5, 0.6) is 0 Å². The van der Waals surface area contributed by atoms with Crippen LogP contribution in [0.3, 0.4) is 0 Å². The molecule has 0 aromatic carbocycles. The molecule has 0 spiro atoms. The van der Waals surface area contributed by atoms with Crippen molar-refractivity contribution in [2.24, 2.45) is 0 Å². The van der Waals surface area contributed by atoms with Gasteiger partial charge < -0.3 is 10.4 Å². The lowest BCUT2D eigenvalue weighted by atomic mass is 9.92. The van der Waals surface area contributed by atoms with E-state index in [9.17, 15) is 14.7 Å². The predicted octanol–water partition coefficient (Wildman–Crippen LogP) is 2.72. The van der Waals surface area contributed by atoms with Crippen molar-refractivity contribution in [3.63, 3.8) is 0 Å². The monoisotopic (exact) mass is 347 g/mol. The lowest BCUT2D eigenvalue weighted by molar-refractivity contribution is 0.0700. The highest BCUT2D eigenvalue weighted by atomic mass is 32.1. The second-order valence-corrected chi connectivity index (χ2v) is 7.37. The maximum absolute atomic E-state index is 12.6. The van der Waals surface area contributed by atoms with E-state index < -0.39 is 5.97 Å². The molecule has 0 saturated heterocycles. The number of nitrogens with one attached hydrogen (secondary N) is 2. The summed E-state index contributed by atoms with van der Waals surface area (Å²) >= 11 is 1.11. The van der Waals surface area contributed by atoms with E-state index in [0.29, 0.717) is 16.2 Å². The van der Waals surface area contributed by atoms with Gasteiger partial charge in [-0.1, -0.05) is 0 Å². The molecule has 0 fully saturated rings. The first kappa shape index (κ1) is 16.7. The van der Waals surface area contributed by atoms with Crippen molar-refractivity contribution in [2.75, 3.05) is 0 Å². The second kappa shape index (κ2) is 6.76. The molecule has 1 amide bonds. The zero-order valence-corrected chi connectivity index (χ0v) is 14.6. The first-order chi connectivity index (χ1) is 11.5. The number of carbonyl (C=O) groups is 2. The van der Waals surface area contributed by atoms with Gasteiger partial charge in [-0.3, -0.25) is 9.89 Å². The topological polar surface area (TPSA) is 95.1 Å². The highest BCUT2D eigenvalue weighted by molar-refractivity contribution is 7.16. The summed E-state index contributed by atoms with van der Waals surface area (Å²) < 4.78 is 0. The summed E-state index contributed by atoms with van der Waals surface area (Å²) in [5.41, 5.74) is 3.69. The van der Waals surface area contributed by atoms with Gasteiger partial charge in [0.15, 0.2) is 0 Å². The molecule has 1 unspecified atom stereocenters. The average molecular weight is 347 g/mol. The summed E-state index contributed by atoms with van der Waals surface area (Å²) in [6.45, 7) is 3.87. The fraction of sp³-hybridized carbons (Fsp3) is 0.471. The van der Waals surface area contributed by atoms with Gasteiger partial charge in [0.05, 0.1) is 10.6 Å². The second-order valence-electron chi connectivity index (χ2n) is 6.35. The summed E-state index contributed by atoms with van der Waals surface area (Å²) in [4.78, 5) is 25.0. The van der Waals surface area contributed by atoms with E-state index >= 15 is 0 Å². The van der Waals surface area contributed by atoms with Crippen LogP contribution in [0.1, 0.15) is 61.6 Å². The van der Waals surface area contributed by atoms with Crippen molar-refractivity contribution in [3.8, 4) is 0 Å². The lowest BCUT2D eigenvalue weighted by Gasteiger charge is -2.15. The van der Waals surface area contributed by atoms with Gasteiger partial charge in [-0.15, -0.1) is 11.3 Å². The Labute approximate surface area is 144 Å². The van der Waals surface area contributed by atoms with Gasteiger partial charge in [-0.05, 0) is 56.7 Å². The Hall–Kier alpha value is -2.15. The van der Waals surface area contributed by atoms with Crippen molar-refractivity contribution >= 4 is 23.2 Å². The van der Waals surface area contributed by atoms with Crippen molar-refractivity contribution in [1.82, 2.24) is 15.5 Å². The number of hydrogen-bond donors (Lipinski definition) is 3. The van der Waals surface area contributed by atoms with Crippen LogP contribution < -0.4 is 5.32 Å². The number of rotatable bonds is 5. The number of hydrogen-bond acceptors (Lipinski definition) is 4. The minimum atomic E-state index is -0.933. The van der Waals surface area contributed by atoms with Gasteiger partial charge in [0, 0.05) is 18.2 Å². The summed E-state index contributed by atoms with van der Waals surface area (Å²) in [5.74, 6) is -1.11. The summed E-state index contributed by atoms with van der Waals surface area (Å²) in [5, 5.41) is 19.4. The minimum absolute atomic E-state index is 0.0742. The lowest BCUT2D eigenvalue weighted by Crippen LogP contribution is -2.34. The van der Waals surface area contributed by atoms with Gasteiger partial charge in [0.25, 0.3) is 5.91 Å². The highest BCUT2D eigenvalue weighted by Crippen LogP contribution is 2.34. The Morgan fingerprint density at radius 3 is 2.58 bits per heavy atom. The van der Waals surface area contributed by atoms with Crippen LogP contribution >= 0.6 is 11.3 Å². The van der Waals surface area contributed by atoms with Crippen molar-refractivity contribution in [3.05, 3.63) is 38.3 Å². The quantitative estimate of drug-likeness (QED) is 0.775. The number of amides is 1. The number of aryl methyl sites for hydroxylation is 1. The smallest absolute Gasteiger partial charge is 0.346 e. The number of carboxylic acids is 1. The highest BCUT2D eigenvalue weighted by Gasteiger charge is 2.28. The number of aromatic nitrogens is 2. The van der Waals surface area contributed by atoms with Gasteiger partial charge >= 0.3 is 5.97 Å². The molecule has 1 aliphatic carbocycles. The van der Waals surface area contributed by atoms with Crippen molar-refractivity contribution in [2.45, 2.75) is 52.0 Å². The Bertz CT molecular complexity index is 778. The number of aromatic amines is 1. The largest absolute Gasteiger partial charge is 0.477 e. The Morgan fingerprint density at radius 2 is 2.00 bits per heavy atom. The number of nitrogens with zero attached hydrogens (tertiary/aromatic N) is 1. The maximum Gasteiger partial charge on any atom is 0.346 e. The summed E-state index contributed by atoms with van der Waals surface area (Å²) in [6, 6.07) is 1.88. The third kappa shape index (κ3) is 3.36. The van der Waals surface area contributed by atoms with E-state index in [4.69, 9.17) is 0 Å². The zero-order valence-electron chi connectivity index (χ0n) is 13.8. The van der Waals surface area contributed by atoms with E-state index in [-0.39, 0.29) is 11.9 Å². The normalized spacial score (nSPS) is 14.9. The summed E-state index contributed by atoms with van der Waals surface area (Å²) in [6.07, 6.45) is 4.16. The fourth-order valence-electron chi connectivity index (χ4n) is 3.22. The number of H-pyrrole nitrogens is 1.